The number of hydrogen-bond donors (Lipinski definition) is 0. The molecule has 34 valence electrons. The molecule has 0 bridgehead atoms. The zero-order valence-electron chi connectivity index (χ0n) is 3.88. The molecule has 0 atom stereocenters. The van der Waals surface area contributed by atoms with Crippen LogP contribution in [0.5, 0.6) is 0 Å². The number of aryl methyl sites for hydroxylation is 1. The minimum Gasteiger partial charge on any atom is -0.156 e. The molecule has 0 aliphatic rings. The van der Waals surface area contributed by atoms with Crippen LogP contribution in [0.15, 0.2) is 0 Å². The van der Waals surface area contributed by atoms with Crippen LogP contribution in [-0.2, 0) is 0 Å². The van der Waals surface area contributed by atoms with Gasteiger partial charge in [0.15, 0.2) is 7.85 Å². The van der Waals surface area contributed by atoms with Crippen molar-refractivity contribution in [1.29, 1.82) is 0 Å². The van der Waals surface area contributed by atoms with Gasteiger partial charge in [-0.3, -0.25) is 0 Å². The monoisotopic (exact) mass is 110 g/mol. The lowest BCUT2D eigenvalue weighted by Crippen LogP contribution is -1.97. The summed E-state index contributed by atoms with van der Waals surface area (Å²) >= 11 is 1.40. The van der Waals surface area contributed by atoms with Gasteiger partial charge < -0.3 is 0 Å². The summed E-state index contributed by atoms with van der Waals surface area (Å²) in [7, 11) is 5.22. The van der Waals surface area contributed by atoms with Crippen molar-refractivity contribution < 1.29 is 0 Å². The molecule has 0 spiro atoms. The molecule has 0 unspecified atom stereocenters. The Morgan fingerprint density at radius 2 is 2.29 bits per heavy atom. The Balaban J connectivity index is 3.04. The molecule has 0 aromatic carbocycles. The zero-order chi connectivity index (χ0) is 5.28. The van der Waals surface area contributed by atoms with Gasteiger partial charge in [-0.05, 0) is 6.92 Å². The molecule has 0 aliphatic heterocycles. The summed E-state index contributed by atoms with van der Waals surface area (Å²) in [5, 5.41) is 8.14. The van der Waals surface area contributed by atoms with Gasteiger partial charge in [0.05, 0.1) is 4.91 Å². The van der Waals surface area contributed by atoms with Crippen molar-refractivity contribution in [3.63, 3.8) is 0 Å². The third-order valence-corrected chi connectivity index (χ3v) is 1.21. The Labute approximate surface area is 47.0 Å². The first-order valence-electron chi connectivity index (χ1n) is 1.84. The van der Waals surface area contributed by atoms with E-state index in [0.29, 0.717) is 4.91 Å². The predicted molar refractivity (Wildman–Crippen MR) is 30.0 cm³/mol. The van der Waals surface area contributed by atoms with E-state index in [4.69, 9.17) is 7.85 Å². The van der Waals surface area contributed by atoms with E-state index in [1.807, 2.05) is 6.92 Å². The highest BCUT2D eigenvalue weighted by atomic mass is 32.1. The highest BCUT2D eigenvalue weighted by Crippen LogP contribution is 1.91. The summed E-state index contributed by atoms with van der Waals surface area (Å²) in [6.07, 6.45) is 0. The molecule has 0 aliphatic carbocycles. The van der Waals surface area contributed by atoms with Crippen molar-refractivity contribution in [2.75, 3.05) is 0 Å². The van der Waals surface area contributed by atoms with Gasteiger partial charge in [-0.1, -0.05) is 0 Å². The van der Waals surface area contributed by atoms with Crippen LogP contribution >= 0.6 is 11.3 Å². The minimum atomic E-state index is 0.539. The molecule has 0 amide bonds. The van der Waals surface area contributed by atoms with E-state index >= 15 is 0 Å². The van der Waals surface area contributed by atoms with Crippen molar-refractivity contribution in [1.82, 2.24) is 10.2 Å². The van der Waals surface area contributed by atoms with Crippen LogP contribution < -0.4 is 4.91 Å². The fourth-order valence-electron chi connectivity index (χ4n) is 0.312. The molecule has 1 heterocycles. The van der Waals surface area contributed by atoms with Crippen molar-refractivity contribution in [3.8, 4) is 0 Å². The number of hydrogen-bond acceptors (Lipinski definition) is 3. The first-order chi connectivity index (χ1) is 3.29. The highest BCUT2D eigenvalue weighted by Gasteiger charge is 1.87. The second-order valence-electron chi connectivity index (χ2n) is 1.16. The average molecular weight is 110 g/mol. The number of nitrogens with zero attached hydrogens (tertiary/aromatic N) is 2. The Morgan fingerprint density at radius 3 is 2.43 bits per heavy atom. The molecule has 0 fully saturated rings. The summed E-state index contributed by atoms with van der Waals surface area (Å²) < 4.78 is 0. The SMILES string of the molecule is [B]c1nnc(C)s1. The maximum atomic E-state index is 5.22. The minimum absolute atomic E-state index is 0.539. The molecule has 7 heavy (non-hydrogen) atoms. The Kier molecular flexibility index (Phi) is 1.10. The van der Waals surface area contributed by atoms with Crippen LogP contribution in [0.4, 0.5) is 0 Å². The first kappa shape index (κ1) is 4.78. The molecular weight excluding hydrogens is 107 g/mol. The van der Waals surface area contributed by atoms with E-state index in [2.05, 4.69) is 10.2 Å². The standard InChI is InChI=1S/C3H3BN2S/c1-2-5-6-3(4)7-2/h1H3. The van der Waals surface area contributed by atoms with Gasteiger partial charge in [-0.25, -0.2) is 0 Å². The molecule has 1 aromatic heterocycles. The van der Waals surface area contributed by atoms with E-state index < -0.39 is 0 Å². The van der Waals surface area contributed by atoms with Crippen LogP contribution in [0.25, 0.3) is 0 Å². The Hall–Kier alpha value is -0.375. The zero-order valence-corrected chi connectivity index (χ0v) is 4.70. The molecule has 2 radical (unpaired) electrons. The van der Waals surface area contributed by atoms with Crippen LogP contribution in [0.1, 0.15) is 5.01 Å². The van der Waals surface area contributed by atoms with Crippen LogP contribution in [0.2, 0.25) is 0 Å². The van der Waals surface area contributed by atoms with Gasteiger partial charge in [0.1, 0.15) is 5.01 Å². The molecular formula is C3H3BN2S. The third kappa shape index (κ3) is 0.994. The van der Waals surface area contributed by atoms with E-state index in [1.54, 1.807) is 0 Å². The van der Waals surface area contributed by atoms with Crippen molar-refractivity contribution >= 4 is 24.1 Å². The van der Waals surface area contributed by atoms with Gasteiger partial charge in [0.25, 0.3) is 0 Å². The maximum absolute atomic E-state index is 5.22. The smallest absolute Gasteiger partial charge is 0.156 e. The maximum Gasteiger partial charge on any atom is 0.159 e. The van der Waals surface area contributed by atoms with E-state index in [9.17, 15) is 0 Å². The van der Waals surface area contributed by atoms with Gasteiger partial charge in [-0.15, -0.1) is 16.4 Å². The second kappa shape index (κ2) is 1.62. The predicted octanol–water partition coefficient (Wildman–Crippen LogP) is -0.360. The van der Waals surface area contributed by atoms with E-state index in [-0.39, 0.29) is 0 Å². The summed E-state index contributed by atoms with van der Waals surface area (Å²) in [5.41, 5.74) is 0. The first-order valence-corrected chi connectivity index (χ1v) is 2.66. The fraction of sp³-hybridized carbons (Fsp3) is 0.333. The van der Waals surface area contributed by atoms with Gasteiger partial charge >= 0.3 is 0 Å². The second-order valence-corrected chi connectivity index (χ2v) is 2.37. The van der Waals surface area contributed by atoms with Crippen LogP contribution in [0.3, 0.4) is 0 Å². The topological polar surface area (TPSA) is 25.8 Å². The summed E-state index contributed by atoms with van der Waals surface area (Å²) in [6.45, 7) is 1.87. The highest BCUT2D eigenvalue weighted by molar-refractivity contribution is 7.19. The van der Waals surface area contributed by atoms with Crippen LogP contribution in [-0.4, -0.2) is 18.0 Å². The van der Waals surface area contributed by atoms with Gasteiger partial charge in [-0.2, -0.15) is 5.10 Å². The summed E-state index contributed by atoms with van der Waals surface area (Å²) in [6, 6.07) is 0. The van der Waals surface area contributed by atoms with Crippen molar-refractivity contribution in [2.24, 2.45) is 0 Å². The Morgan fingerprint density at radius 1 is 1.57 bits per heavy atom. The van der Waals surface area contributed by atoms with E-state index in [1.165, 1.54) is 11.3 Å². The molecule has 0 N–H and O–H groups in total. The molecule has 1 rings (SSSR count). The fourth-order valence-corrected chi connectivity index (χ4v) is 0.778. The van der Waals surface area contributed by atoms with Crippen molar-refractivity contribution in [2.45, 2.75) is 6.92 Å². The molecule has 2 nitrogen and oxygen atoms in total. The number of rotatable bonds is 0. The molecule has 0 saturated heterocycles. The summed E-state index contributed by atoms with van der Waals surface area (Å²) in [5.74, 6) is 0. The Bertz CT molecular complexity index is 145. The lowest BCUT2D eigenvalue weighted by Gasteiger charge is -1.65. The lowest BCUT2D eigenvalue weighted by atomic mass is 10.2. The normalized spacial score (nSPS) is 9.29. The van der Waals surface area contributed by atoms with Crippen LogP contribution in [0, 0.1) is 6.92 Å². The van der Waals surface area contributed by atoms with Gasteiger partial charge in [0.2, 0.25) is 0 Å². The largest absolute Gasteiger partial charge is 0.159 e. The molecule has 1 aromatic rings. The molecule has 0 saturated carbocycles. The summed E-state index contributed by atoms with van der Waals surface area (Å²) in [4.78, 5) is 0.539. The molecule has 4 heteroatoms. The van der Waals surface area contributed by atoms with Crippen molar-refractivity contribution in [3.05, 3.63) is 5.01 Å². The average Bonchev–Trinajstić information content (AvgIpc) is 1.87. The lowest BCUT2D eigenvalue weighted by molar-refractivity contribution is 1.07. The third-order valence-electron chi connectivity index (χ3n) is 0.542. The number of aromatic nitrogens is 2. The van der Waals surface area contributed by atoms with E-state index in [0.717, 1.165) is 5.01 Å². The van der Waals surface area contributed by atoms with Gasteiger partial charge in [0, 0.05) is 0 Å². The quantitative estimate of drug-likeness (QED) is 0.426.